The maximum Gasteiger partial charge on any atom is 0.310 e. The van der Waals surface area contributed by atoms with E-state index in [2.05, 4.69) is 36.1 Å². The molecule has 92 valence electrons. The van der Waals surface area contributed by atoms with Crippen LogP contribution >= 0.6 is 0 Å². The lowest BCUT2D eigenvalue weighted by molar-refractivity contribution is -0.147. The number of rotatable bonds is 3. The molecule has 0 amide bonds. The van der Waals surface area contributed by atoms with Gasteiger partial charge >= 0.3 is 5.97 Å². The summed E-state index contributed by atoms with van der Waals surface area (Å²) in [5, 5.41) is 0. The van der Waals surface area contributed by atoms with Gasteiger partial charge in [0.15, 0.2) is 0 Å². The average Bonchev–Trinajstić information content (AvgIpc) is 2.78. The maximum atomic E-state index is 11.6. The molecule has 1 fully saturated rings. The molecule has 17 heavy (non-hydrogen) atoms. The van der Waals surface area contributed by atoms with Gasteiger partial charge in [0, 0.05) is 18.8 Å². The van der Waals surface area contributed by atoms with Crippen LogP contribution in [-0.4, -0.2) is 25.7 Å². The molecule has 0 spiro atoms. The van der Waals surface area contributed by atoms with Gasteiger partial charge in [-0.15, -0.1) is 0 Å². The Morgan fingerprint density at radius 3 is 3.06 bits per heavy atom. The Hall–Kier alpha value is -1.51. The topological polar surface area (TPSA) is 29.5 Å². The monoisotopic (exact) mass is 233 g/mol. The Labute approximate surface area is 102 Å². The van der Waals surface area contributed by atoms with Crippen molar-refractivity contribution in [2.75, 3.05) is 24.6 Å². The molecular weight excluding hydrogens is 214 g/mol. The lowest BCUT2D eigenvalue weighted by Crippen LogP contribution is -2.24. The van der Waals surface area contributed by atoms with Gasteiger partial charge in [-0.05, 0) is 38.0 Å². The van der Waals surface area contributed by atoms with Crippen LogP contribution < -0.4 is 4.90 Å². The third-order valence-corrected chi connectivity index (χ3v) is 3.17. The molecule has 0 saturated carbocycles. The number of hydrogen-bond donors (Lipinski definition) is 0. The fourth-order valence-electron chi connectivity index (χ4n) is 2.27. The Morgan fingerprint density at radius 1 is 1.53 bits per heavy atom. The van der Waals surface area contributed by atoms with Crippen LogP contribution in [0, 0.1) is 12.8 Å². The number of esters is 1. The highest BCUT2D eigenvalue weighted by Gasteiger charge is 2.29. The van der Waals surface area contributed by atoms with Crippen molar-refractivity contribution in [2.24, 2.45) is 5.92 Å². The number of ether oxygens (including phenoxy) is 1. The number of carbonyl (C=O) groups excluding carboxylic acids is 1. The number of nitrogens with zero attached hydrogens (tertiary/aromatic N) is 1. The SMILES string of the molecule is CCOC(=O)C1CCN(c2cccc(C)c2)C1. The summed E-state index contributed by atoms with van der Waals surface area (Å²) < 4.78 is 5.07. The lowest BCUT2D eigenvalue weighted by atomic mass is 10.1. The predicted molar refractivity (Wildman–Crippen MR) is 68.1 cm³/mol. The second kappa shape index (κ2) is 5.21. The van der Waals surface area contributed by atoms with E-state index in [9.17, 15) is 4.79 Å². The van der Waals surface area contributed by atoms with E-state index in [1.807, 2.05) is 6.92 Å². The van der Waals surface area contributed by atoms with Gasteiger partial charge < -0.3 is 9.64 Å². The summed E-state index contributed by atoms with van der Waals surface area (Å²) in [7, 11) is 0. The first-order valence-electron chi connectivity index (χ1n) is 6.19. The fraction of sp³-hybridized carbons (Fsp3) is 0.500. The molecule has 0 aromatic heterocycles. The second-order valence-electron chi connectivity index (χ2n) is 4.52. The molecule has 1 aromatic carbocycles. The van der Waals surface area contributed by atoms with E-state index in [1.165, 1.54) is 11.3 Å². The molecule has 1 aliphatic rings. The summed E-state index contributed by atoms with van der Waals surface area (Å²) in [6, 6.07) is 8.40. The van der Waals surface area contributed by atoms with Crippen LogP contribution in [0.3, 0.4) is 0 Å². The van der Waals surface area contributed by atoms with Gasteiger partial charge in [0.2, 0.25) is 0 Å². The van der Waals surface area contributed by atoms with Gasteiger partial charge in [0.25, 0.3) is 0 Å². The van der Waals surface area contributed by atoms with Gasteiger partial charge in [-0.3, -0.25) is 4.79 Å². The molecule has 3 heteroatoms. The molecule has 1 aromatic rings. The number of anilines is 1. The fourth-order valence-corrected chi connectivity index (χ4v) is 2.27. The van der Waals surface area contributed by atoms with Crippen LogP contribution in [0.25, 0.3) is 0 Å². The minimum atomic E-state index is -0.0531. The lowest BCUT2D eigenvalue weighted by Gasteiger charge is -2.18. The van der Waals surface area contributed by atoms with Crippen LogP contribution in [0.1, 0.15) is 18.9 Å². The first kappa shape index (κ1) is 12.0. The first-order valence-corrected chi connectivity index (χ1v) is 6.19. The van der Waals surface area contributed by atoms with Crippen molar-refractivity contribution in [3.63, 3.8) is 0 Å². The molecule has 1 aliphatic heterocycles. The third-order valence-electron chi connectivity index (χ3n) is 3.17. The summed E-state index contributed by atoms with van der Waals surface area (Å²) in [6.45, 7) is 6.13. The molecule has 0 bridgehead atoms. The summed E-state index contributed by atoms with van der Waals surface area (Å²) in [6.07, 6.45) is 0.896. The highest BCUT2D eigenvalue weighted by atomic mass is 16.5. The van der Waals surface area contributed by atoms with E-state index in [0.717, 1.165) is 19.5 Å². The average molecular weight is 233 g/mol. The van der Waals surface area contributed by atoms with Gasteiger partial charge in [-0.25, -0.2) is 0 Å². The molecule has 0 radical (unpaired) electrons. The van der Waals surface area contributed by atoms with Gasteiger partial charge in [-0.1, -0.05) is 12.1 Å². The van der Waals surface area contributed by atoms with Crippen LogP contribution in [0.4, 0.5) is 5.69 Å². The molecule has 2 rings (SSSR count). The van der Waals surface area contributed by atoms with Crippen LogP contribution in [-0.2, 0) is 9.53 Å². The van der Waals surface area contributed by atoms with Gasteiger partial charge in [0.1, 0.15) is 0 Å². The largest absolute Gasteiger partial charge is 0.466 e. The van der Waals surface area contributed by atoms with Crippen molar-refractivity contribution >= 4 is 11.7 Å². The normalized spacial score (nSPS) is 19.4. The van der Waals surface area contributed by atoms with Crippen molar-refractivity contribution in [3.05, 3.63) is 29.8 Å². The Morgan fingerprint density at radius 2 is 2.35 bits per heavy atom. The van der Waals surface area contributed by atoms with Crippen molar-refractivity contribution in [1.29, 1.82) is 0 Å². The molecule has 1 heterocycles. The van der Waals surface area contributed by atoms with E-state index < -0.39 is 0 Å². The molecule has 0 N–H and O–H groups in total. The van der Waals surface area contributed by atoms with Crippen molar-refractivity contribution in [1.82, 2.24) is 0 Å². The summed E-state index contributed by atoms with van der Waals surface area (Å²) in [5.74, 6) is -0.0156. The van der Waals surface area contributed by atoms with Crippen LogP contribution in [0.5, 0.6) is 0 Å². The minimum absolute atomic E-state index is 0.0375. The zero-order chi connectivity index (χ0) is 12.3. The zero-order valence-corrected chi connectivity index (χ0v) is 10.5. The standard InChI is InChI=1S/C14H19NO2/c1-3-17-14(16)12-7-8-15(10-12)13-6-4-5-11(2)9-13/h4-6,9,12H,3,7-8,10H2,1-2H3. The van der Waals surface area contributed by atoms with Crippen molar-refractivity contribution < 1.29 is 9.53 Å². The summed E-state index contributed by atoms with van der Waals surface area (Å²) in [5.41, 5.74) is 2.46. The van der Waals surface area contributed by atoms with Gasteiger partial charge in [-0.2, -0.15) is 0 Å². The zero-order valence-electron chi connectivity index (χ0n) is 10.5. The second-order valence-corrected chi connectivity index (χ2v) is 4.52. The van der Waals surface area contributed by atoms with E-state index in [1.54, 1.807) is 0 Å². The third kappa shape index (κ3) is 2.78. The Kier molecular flexibility index (Phi) is 3.67. The summed E-state index contributed by atoms with van der Waals surface area (Å²) >= 11 is 0. The Balaban J connectivity index is 2.00. The molecule has 1 unspecified atom stereocenters. The first-order chi connectivity index (χ1) is 8.20. The van der Waals surface area contributed by atoms with Crippen molar-refractivity contribution in [2.45, 2.75) is 20.3 Å². The Bertz CT molecular complexity index is 403. The van der Waals surface area contributed by atoms with E-state index in [4.69, 9.17) is 4.74 Å². The number of hydrogen-bond acceptors (Lipinski definition) is 3. The highest BCUT2D eigenvalue weighted by Crippen LogP contribution is 2.25. The quantitative estimate of drug-likeness (QED) is 0.751. The van der Waals surface area contributed by atoms with E-state index >= 15 is 0 Å². The molecule has 3 nitrogen and oxygen atoms in total. The smallest absolute Gasteiger partial charge is 0.310 e. The highest BCUT2D eigenvalue weighted by molar-refractivity contribution is 5.74. The number of benzene rings is 1. The minimum Gasteiger partial charge on any atom is -0.466 e. The van der Waals surface area contributed by atoms with Crippen LogP contribution in [0.2, 0.25) is 0 Å². The molecular formula is C14H19NO2. The maximum absolute atomic E-state index is 11.6. The van der Waals surface area contributed by atoms with Crippen molar-refractivity contribution in [3.8, 4) is 0 Å². The molecule has 1 atom stereocenters. The van der Waals surface area contributed by atoms with E-state index in [-0.39, 0.29) is 11.9 Å². The number of aryl methyl sites for hydroxylation is 1. The molecule has 1 saturated heterocycles. The predicted octanol–water partition coefficient (Wildman–Crippen LogP) is 2.38. The number of carbonyl (C=O) groups is 1. The van der Waals surface area contributed by atoms with Crippen LogP contribution in [0.15, 0.2) is 24.3 Å². The van der Waals surface area contributed by atoms with Gasteiger partial charge in [0.05, 0.1) is 12.5 Å². The molecule has 0 aliphatic carbocycles. The van der Waals surface area contributed by atoms with E-state index in [0.29, 0.717) is 6.61 Å². The summed E-state index contributed by atoms with van der Waals surface area (Å²) in [4.78, 5) is 13.9.